The molecule has 262 valence electrons. The molecule has 0 saturated carbocycles. The van der Waals surface area contributed by atoms with E-state index in [1.165, 1.54) is 0 Å². The fraction of sp³-hybridized carbons (Fsp3) is 0.541. The van der Waals surface area contributed by atoms with Crippen molar-refractivity contribution in [2.75, 3.05) is 11.9 Å². The molecule has 11 heteroatoms. The average Bonchev–Trinajstić information content (AvgIpc) is 3.27. The highest BCUT2D eigenvalue weighted by Gasteiger charge is 2.63. The van der Waals surface area contributed by atoms with Crippen LogP contribution >= 0.6 is 23.4 Å². The summed E-state index contributed by atoms with van der Waals surface area (Å²) in [4.78, 5) is 70.9. The van der Waals surface area contributed by atoms with E-state index >= 15 is 9.59 Å². The van der Waals surface area contributed by atoms with E-state index in [0.29, 0.717) is 29.8 Å². The van der Waals surface area contributed by atoms with E-state index in [2.05, 4.69) is 19.2 Å². The van der Waals surface area contributed by atoms with Gasteiger partial charge in [0.05, 0.1) is 11.9 Å². The smallest absolute Gasteiger partial charge is 0.290 e. The standard InChI is InChI=1S/C37H50ClN3O6S/c1-11-35(7,8)24-20-26(36(9,10)12-2)28(47-19-18-27(38)29(39)42)21-25(24)37(31(44)34(4,5)6,41-30(43)22(3)48-33(41)46)32(45)40-23-16-14-13-15-17-23/h13-17,20-22,27H,11-12,18-19H2,1-10H3,(H2,39,42)(H,40,45). The van der Waals surface area contributed by atoms with Gasteiger partial charge in [-0.2, -0.15) is 0 Å². The normalized spacial score (nSPS) is 17.6. The van der Waals surface area contributed by atoms with Crippen molar-refractivity contribution in [1.82, 2.24) is 4.90 Å². The van der Waals surface area contributed by atoms with Crippen molar-refractivity contribution < 1.29 is 28.7 Å². The molecular weight excluding hydrogens is 650 g/mol. The van der Waals surface area contributed by atoms with Crippen LogP contribution in [0.1, 0.15) is 105 Å². The highest BCUT2D eigenvalue weighted by Crippen LogP contribution is 2.50. The summed E-state index contributed by atoms with van der Waals surface area (Å²) in [5.74, 6) is -2.44. The van der Waals surface area contributed by atoms with Gasteiger partial charge in [-0.15, -0.1) is 11.6 Å². The summed E-state index contributed by atoms with van der Waals surface area (Å²) in [5.41, 5.74) is 2.71. The molecular formula is C37H50ClN3O6S. The van der Waals surface area contributed by atoms with Crippen molar-refractivity contribution in [2.24, 2.45) is 11.1 Å². The molecule has 48 heavy (non-hydrogen) atoms. The highest BCUT2D eigenvalue weighted by atomic mass is 35.5. The number of nitrogens with two attached hydrogens (primary N) is 1. The van der Waals surface area contributed by atoms with Gasteiger partial charge < -0.3 is 15.8 Å². The van der Waals surface area contributed by atoms with E-state index in [1.54, 1.807) is 64.1 Å². The molecule has 1 heterocycles. The van der Waals surface area contributed by atoms with Gasteiger partial charge in [-0.05, 0) is 54.4 Å². The molecule has 0 aromatic heterocycles. The Bertz CT molecular complexity index is 1570. The lowest BCUT2D eigenvalue weighted by atomic mass is 9.66. The second kappa shape index (κ2) is 14.6. The molecule has 4 amide bonds. The van der Waals surface area contributed by atoms with Crippen LogP contribution in [0.15, 0.2) is 42.5 Å². The number of imide groups is 1. The number of thioether (sulfide) groups is 1. The van der Waals surface area contributed by atoms with Gasteiger partial charge in [-0.25, -0.2) is 4.90 Å². The number of nitrogens with one attached hydrogen (secondary N) is 1. The quantitative estimate of drug-likeness (QED) is 0.154. The number of hydrogen-bond acceptors (Lipinski definition) is 7. The zero-order valence-corrected chi connectivity index (χ0v) is 31.4. The molecule has 1 fully saturated rings. The van der Waals surface area contributed by atoms with Crippen LogP contribution in [0.2, 0.25) is 0 Å². The van der Waals surface area contributed by atoms with Gasteiger partial charge in [0, 0.05) is 28.7 Å². The van der Waals surface area contributed by atoms with Crippen LogP contribution in [0.4, 0.5) is 10.5 Å². The Balaban J connectivity index is 2.59. The number of rotatable bonds is 14. The summed E-state index contributed by atoms with van der Waals surface area (Å²) in [6.07, 6.45) is 1.43. The van der Waals surface area contributed by atoms with Crippen LogP contribution in [0.5, 0.6) is 5.75 Å². The molecule has 0 aliphatic carbocycles. The Morgan fingerprint density at radius 1 is 0.938 bits per heavy atom. The molecule has 2 aromatic carbocycles. The zero-order valence-electron chi connectivity index (χ0n) is 29.8. The summed E-state index contributed by atoms with van der Waals surface area (Å²) >= 11 is 6.93. The lowest BCUT2D eigenvalue weighted by Gasteiger charge is -2.44. The number of para-hydroxylation sites is 1. The lowest BCUT2D eigenvalue weighted by Crippen LogP contribution is -2.64. The van der Waals surface area contributed by atoms with Crippen molar-refractivity contribution in [3.63, 3.8) is 0 Å². The minimum atomic E-state index is -2.42. The topological polar surface area (TPSA) is 136 Å². The van der Waals surface area contributed by atoms with E-state index in [4.69, 9.17) is 22.1 Å². The van der Waals surface area contributed by atoms with Gasteiger partial charge in [0.2, 0.25) is 17.4 Å². The Kier molecular flexibility index (Phi) is 11.9. The molecule has 3 unspecified atom stereocenters. The fourth-order valence-corrected chi connectivity index (χ4v) is 6.60. The molecule has 0 bridgehead atoms. The number of carbonyl (C=O) groups is 5. The third-order valence-corrected chi connectivity index (χ3v) is 10.8. The predicted molar refractivity (Wildman–Crippen MR) is 193 cm³/mol. The van der Waals surface area contributed by atoms with Crippen molar-refractivity contribution in [2.45, 2.75) is 115 Å². The SMILES string of the molecule is CCC(C)(C)c1cc(C(C)(C)CC)c(C(C(=O)Nc2ccccc2)(C(=O)C(C)(C)C)N2C(=O)SC(C)C2=O)cc1OCCC(Cl)C(N)=O. The van der Waals surface area contributed by atoms with E-state index < -0.39 is 61.2 Å². The highest BCUT2D eigenvalue weighted by molar-refractivity contribution is 8.15. The number of ketones is 1. The van der Waals surface area contributed by atoms with Crippen molar-refractivity contribution in [1.29, 1.82) is 0 Å². The van der Waals surface area contributed by atoms with E-state index in [1.807, 2.05) is 33.8 Å². The van der Waals surface area contributed by atoms with E-state index in [-0.39, 0.29) is 18.6 Å². The van der Waals surface area contributed by atoms with Crippen LogP contribution in [-0.4, -0.2) is 50.9 Å². The minimum Gasteiger partial charge on any atom is -0.493 e. The van der Waals surface area contributed by atoms with Gasteiger partial charge in [-0.1, -0.05) is 98.3 Å². The maximum atomic E-state index is 15.2. The first-order valence-corrected chi connectivity index (χ1v) is 17.7. The molecule has 3 rings (SSSR count). The number of hydrogen-bond donors (Lipinski definition) is 2. The first kappa shape index (κ1) is 39.1. The molecule has 9 nitrogen and oxygen atoms in total. The Hall–Kier alpha value is -3.37. The van der Waals surface area contributed by atoms with Crippen LogP contribution < -0.4 is 15.8 Å². The van der Waals surface area contributed by atoms with Crippen LogP contribution in [0.25, 0.3) is 0 Å². The Morgan fingerprint density at radius 2 is 1.50 bits per heavy atom. The van der Waals surface area contributed by atoms with Crippen molar-refractivity contribution in [3.8, 4) is 5.75 Å². The first-order valence-electron chi connectivity index (χ1n) is 16.4. The third-order valence-electron chi connectivity index (χ3n) is 9.41. The Morgan fingerprint density at radius 3 is 1.98 bits per heavy atom. The molecule has 0 spiro atoms. The number of amides is 4. The largest absolute Gasteiger partial charge is 0.493 e. The maximum Gasteiger partial charge on any atom is 0.290 e. The summed E-state index contributed by atoms with van der Waals surface area (Å²) in [6, 6.07) is 12.2. The number of anilines is 1. The number of alkyl halides is 1. The summed E-state index contributed by atoms with van der Waals surface area (Å²) in [5, 5.41) is 0.402. The maximum absolute atomic E-state index is 15.2. The molecule has 1 aliphatic heterocycles. The minimum absolute atomic E-state index is 0.00471. The fourth-order valence-electron chi connectivity index (χ4n) is 5.67. The molecule has 3 N–H and O–H groups in total. The number of primary amides is 1. The van der Waals surface area contributed by atoms with Crippen molar-refractivity contribution >= 4 is 57.8 Å². The van der Waals surface area contributed by atoms with Gasteiger partial charge in [0.25, 0.3) is 11.1 Å². The average molecular weight is 700 g/mol. The predicted octanol–water partition coefficient (Wildman–Crippen LogP) is 7.46. The van der Waals surface area contributed by atoms with Gasteiger partial charge in [-0.3, -0.25) is 24.0 Å². The van der Waals surface area contributed by atoms with Crippen LogP contribution in [0, 0.1) is 5.41 Å². The molecule has 1 aliphatic rings. The van der Waals surface area contributed by atoms with Gasteiger partial charge in [0.1, 0.15) is 11.1 Å². The lowest BCUT2D eigenvalue weighted by molar-refractivity contribution is -0.153. The van der Waals surface area contributed by atoms with E-state index in [0.717, 1.165) is 22.2 Å². The number of ether oxygens (including phenoxy) is 1. The molecule has 0 radical (unpaired) electrons. The summed E-state index contributed by atoms with van der Waals surface area (Å²) in [7, 11) is 0. The first-order chi connectivity index (χ1) is 22.2. The van der Waals surface area contributed by atoms with Crippen LogP contribution in [0.3, 0.4) is 0 Å². The third kappa shape index (κ3) is 7.59. The van der Waals surface area contributed by atoms with Crippen LogP contribution in [-0.2, 0) is 35.5 Å². The van der Waals surface area contributed by atoms with Gasteiger partial charge in [0.15, 0.2) is 5.78 Å². The number of halogens is 1. The Labute approximate surface area is 294 Å². The molecule has 3 atom stereocenters. The zero-order chi connectivity index (χ0) is 36.4. The second-order valence-corrected chi connectivity index (χ2v) is 16.5. The summed E-state index contributed by atoms with van der Waals surface area (Å²) < 4.78 is 6.36. The second-order valence-electron chi connectivity index (χ2n) is 14.7. The number of carbonyl (C=O) groups excluding carboxylic acids is 5. The number of nitrogens with zero attached hydrogens (tertiary/aromatic N) is 1. The number of Topliss-reactive ketones (excluding diaryl/α,β-unsaturated/α-hetero) is 1. The summed E-state index contributed by atoms with van der Waals surface area (Å²) in [6.45, 7) is 18.8. The number of benzene rings is 2. The molecule has 1 saturated heterocycles. The molecule has 2 aromatic rings. The monoisotopic (exact) mass is 699 g/mol. The van der Waals surface area contributed by atoms with E-state index in [9.17, 15) is 14.4 Å². The van der Waals surface area contributed by atoms with Gasteiger partial charge >= 0.3 is 0 Å². The van der Waals surface area contributed by atoms with Crippen molar-refractivity contribution in [3.05, 3.63) is 59.2 Å².